The SMILES string of the molecule is C1=CC2=C(CC1)CC[C@@H]1CCCC[C@H]21. The molecule has 2 atom stereocenters. The van der Waals surface area contributed by atoms with Gasteiger partial charge in [0.1, 0.15) is 0 Å². The van der Waals surface area contributed by atoms with Crippen molar-refractivity contribution < 1.29 is 0 Å². The van der Waals surface area contributed by atoms with E-state index in [0.717, 1.165) is 11.8 Å². The fourth-order valence-electron chi connectivity index (χ4n) is 3.71. The molecular weight excluding hydrogens is 168 g/mol. The maximum Gasteiger partial charge on any atom is -0.0134 e. The second kappa shape index (κ2) is 3.56. The summed E-state index contributed by atoms with van der Waals surface area (Å²) >= 11 is 0. The summed E-state index contributed by atoms with van der Waals surface area (Å²) in [5, 5.41) is 0. The van der Waals surface area contributed by atoms with Crippen molar-refractivity contribution in [1.29, 1.82) is 0 Å². The van der Waals surface area contributed by atoms with Crippen LogP contribution in [0.5, 0.6) is 0 Å². The number of hydrogen-bond donors (Lipinski definition) is 0. The fraction of sp³-hybridized carbons (Fsp3) is 0.714. The van der Waals surface area contributed by atoms with Crippen molar-refractivity contribution in [3.63, 3.8) is 0 Å². The van der Waals surface area contributed by atoms with Crippen LogP contribution >= 0.6 is 0 Å². The molecule has 0 N–H and O–H groups in total. The molecule has 3 aliphatic carbocycles. The number of rotatable bonds is 0. The Labute approximate surface area is 87.1 Å². The van der Waals surface area contributed by atoms with Crippen LogP contribution in [-0.4, -0.2) is 0 Å². The molecule has 3 rings (SSSR count). The molecule has 0 nitrogen and oxygen atoms in total. The smallest absolute Gasteiger partial charge is 0.0134 e. The van der Waals surface area contributed by atoms with Gasteiger partial charge in [0, 0.05) is 0 Å². The molecular formula is C14H20. The molecule has 0 heteroatoms. The highest BCUT2D eigenvalue weighted by atomic mass is 14.4. The van der Waals surface area contributed by atoms with Crippen molar-refractivity contribution in [2.45, 2.75) is 51.4 Å². The average molecular weight is 188 g/mol. The number of hydrogen-bond acceptors (Lipinski definition) is 0. The van der Waals surface area contributed by atoms with Crippen molar-refractivity contribution in [2.24, 2.45) is 11.8 Å². The first kappa shape index (κ1) is 8.76. The molecule has 76 valence electrons. The van der Waals surface area contributed by atoms with Gasteiger partial charge in [-0.25, -0.2) is 0 Å². The molecule has 0 amide bonds. The summed E-state index contributed by atoms with van der Waals surface area (Å²) in [5.41, 5.74) is 3.59. The highest BCUT2D eigenvalue weighted by Gasteiger charge is 2.32. The van der Waals surface area contributed by atoms with Crippen molar-refractivity contribution in [3.8, 4) is 0 Å². The summed E-state index contributed by atoms with van der Waals surface area (Å²) in [4.78, 5) is 0. The van der Waals surface area contributed by atoms with E-state index in [1.165, 1.54) is 51.4 Å². The highest BCUT2D eigenvalue weighted by Crippen LogP contribution is 2.46. The predicted octanol–water partition coefficient (Wildman–Crippen LogP) is 4.23. The number of fused-ring (bicyclic) bond motifs is 2. The molecule has 1 fully saturated rings. The Morgan fingerprint density at radius 3 is 2.93 bits per heavy atom. The Bertz CT molecular complexity index is 282. The van der Waals surface area contributed by atoms with Crippen molar-refractivity contribution in [2.75, 3.05) is 0 Å². The van der Waals surface area contributed by atoms with E-state index in [9.17, 15) is 0 Å². The first-order valence-electron chi connectivity index (χ1n) is 6.33. The van der Waals surface area contributed by atoms with E-state index in [4.69, 9.17) is 0 Å². The Morgan fingerprint density at radius 1 is 1.00 bits per heavy atom. The van der Waals surface area contributed by atoms with E-state index >= 15 is 0 Å². The Hall–Kier alpha value is -0.520. The van der Waals surface area contributed by atoms with Crippen LogP contribution in [0.15, 0.2) is 23.3 Å². The normalized spacial score (nSPS) is 36.6. The molecule has 0 bridgehead atoms. The maximum absolute atomic E-state index is 2.46. The molecule has 0 radical (unpaired) electrons. The van der Waals surface area contributed by atoms with Crippen LogP contribution in [0.1, 0.15) is 51.4 Å². The number of allylic oxidation sites excluding steroid dienone is 4. The van der Waals surface area contributed by atoms with Crippen LogP contribution < -0.4 is 0 Å². The molecule has 0 aromatic carbocycles. The van der Waals surface area contributed by atoms with Gasteiger partial charge in [0.15, 0.2) is 0 Å². The summed E-state index contributed by atoms with van der Waals surface area (Å²) in [6.07, 6.45) is 16.4. The van der Waals surface area contributed by atoms with Gasteiger partial charge in [0.25, 0.3) is 0 Å². The molecule has 0 unspecified atom stereocenters. The fourth-order valence-corrected chi connectivity index (χ4v) is 3.71. The van der Waals surface area contributed by atoms with E-state index in [2.05, 4.69) is 12.2 Å². The van der Waals surface area contributed by atoms with Gasteiger partial charge in [-0.1, -0.05) is 30.6 Å². The lowest BCUT2D eigenvalue weighted by atomic mass is 9.66. The minimum atomic E-state index is 0.962. The molecule has 0 spiro atoms. The average Bonchev–Trinajstić information content (AvgIpc) is 2.29. The van der Waals surface area contributed by atoms with Crippen LogP contribution in [0.25, 0.3) is 0 Å². The quantitative estimate of drug-likeness (QED) is 0.533. The third-order valence-corrected chi connectivity index (χ3v) is 4.44. The minimum absolute atomic E-state index is 0.962. The molecule has 0 aliphatic heterocycles. The second-order valence-electron chi connectivity index (χ2n) is 5.19. The van der Waals surface area contributed by atoms with Crippen molar-refractivity contribution in [3.05, 3.63) is 23.3 Å². The van der Waals surface area contributed by atoms with Gasteiger partial charge < -0.3 is 0 Å². The summed E-state index contributed by atoms with van der Waals surface area (Å²) in [7, 11) is 0. The molecule has 3 aliphatic rings. The van der Waals surface area contributed by atoms with Gasteiger partial charge in [-0.05, 0) is 55.9 Å². The molecule has 0 aromatic heterocycles. The van der Waals surface area contributed by atoms with Gasteiger partial charge in [-0.3, -0.25) is 0 Å². The van der Waals surface area contributed by atoms with Crippen LogP contribution in [0.4, 0.5) is 0 Å². The first-order chi connectivity index (χ1) is 6.95. The van der Waals surface area contributed by atoms with E-state index in [0.29, 0.717) is 0 Å². The minimum Gasteiger partial charge on any atom is -0.0839 e. The van der Waals surface area contributed by atoms with Crippen LogP contribution in [0.3, 0.4) is 0 Å². The third kappa shape index (κ3) is 1.36. The van der Waals surface area contributed by atoms with Gasteiger partial charge in [0.05, 0.1) is 0 Å². The van der Waals surface area contributed by atoms with E-state index < -0.39 is 0 Å². The Kier molecular flexibility index (Phi) is 2.23. The van der Waals surface area contributed by atoms with Crippen molar-refractivity contribution >= 4 is 0 Å². The monoisotopic (exact) mass is 188 g/mol. The zero-order valence-electron chi connectivity index (χ0n) is 8.97. The first-order valence-corrected chi connectivity index (χ1v) is 6.33. The largest absolute Gasteiger partial charge is 0.0839 e. The maximum atomic E-state index is 2.46. The predicted molar refractivity (Wildman–Crippen MR) is 60.1 cm³/mol. The summed E-state index contributed by atoms with van der Waals surface area (Å²) in [6.45, 7) is 0. The van der Waals surface area contributed by atoms with Gasteiger partial charge in [-0.2, -0.15) is 0 Å². The highest BCUT2D eigenvalue weighted by molar-refractivity contribution is 5.34. The lowest BCUT2D eigenvalue weighted by molar-refractivity contribution is 0.243. The van der Waals surface area contributed by atoms with Gasteiger partial charge in [-0.15, -0.1) is 0 Å². The standard InChI is InChI=1S/C14H20/c1-3-7-13-11(5-1)9-10-12-6-2-4-8-14(12)13/h3,7,12,14H,1-2,4-6,8-10H2/t12-,14-/m0/s1. The van der Waals surface area contributed by atoms with E-state index in [1.54, 1.807) is 5.57 Å². The second-order valence-corrected chi connectivity index (χ2v) is 5.19. The lowest BCUT2D eigenvalue weighted by Gasteiger charge is -2.39. The van der Waals surface area contributed by atoms with Gasteiger partial charge in [0.2, 0.25) is 0 Å². The van der Waals surface area contributed by atoms with Crippen LogP contribution in [0, 0.1) is 11.8 Å². The summed E-state index contributed by atoms with van der Waals surface area (Å²) in [6, 6.07) is 0. The van der Waals surface area contributed by atoms with Gasteiger partial charge >= 0.3 is 0 Å². The zero-order valence-corrected chi connectivity index (χ0v) is 8.97. The lowest BCUT2D eigenvalue weighted by Crippen LogP contribution is -2.26. The Balaban J connectivity index is 1.91. The molecule has 0 aromatic rings. The molecule has 0 saturated heterocycles. The summed E-state index contributed by atoms with van der Waals surface area (Å²) in [5.74, 6) is 2.01. The van der Waals surface area contributed by atoms with E-state index in [-0.39, 0.29) is 0 Å². The topological polar surface area (TPSA) is 0 Å². The van der Waals surface area contributed by atoms with Crippen LogP contribution in [-0.2, 0) is 0 Å². The Morgan fingerprint density at radius 2 is 1.93 bits per heavy atom. The summed E-state index contributed by atoms with van der Waals surface area (Å²) < 4.78 is 0. The van der Waals surface area contributed by atoms with Crippen LogP contribution in [0.2, 0.25) is 0 Å². The van der Waals surface area contributed by atoms with E-state index in [1.807, 2.05) is 5.57 Å². The third-order valence-electron chi connectivity index (χ3n) is 4.44. The van der Waals surface area contributed by atoms with Crippen molar-refractivity contribution in [1.82, 2.24) is 0 Å². The zero-order chi connectivity index (χ0) is 9.38. The molecule has 1 saturated carbocycles. The molecule has 0 heterocycles. The molecule has 14 heavy (non-hydrogen) atoms.